The van der Waals surface area contributed by atoms with E-state index in [0.29, 0.717) is 17.7 Å². The maximum absolute atomic E-state index is 14.6. The van der Waals surface area contributed by atoms with Gasteiger partial charge in [-0.05, 0) is 72.5 Å². The van der Waals surface area contributed by atoms with Crippen molar-refractivity contribution in [3.05, 3.63) is 107 Å². The van der Waals surface area contributed by atoms with Gasteiger partial charge >= 0.3 is 30.8 Å². The van der Waals surface area contributed by atoms with Gasteiger partial charge in [0.25, 0.3) is 6.10 Å². The summed E-state index contributed by atoms with van der Waals surface area (Å²) in [5, 5.41) is 10.8. The zero-order chi connectivity index (χ0) is 47.6. The van der Waals surface area contributed by atoms with Crippen molar-refractivity contribution in [2.24, 2.45) is 0 Å². The fourth-order valence-electron chi connectivity index (χ4n) is 6.28. The number of pyridine rings is 2. The summed E-state index contributed by atoms with van der Waals surface area (Å²) in [6.07, 6.45) is -29.5. The van der Waals surface area contributed by atoms with Gasteiger partial charge < -0.3 is 20.1 Å². The lowest BCUT2D eigenvalue weighted by Crippen LogP contribution is -2.52. The average Bonchev–Trinajstić information content (AvgIpc) is 3.20. The summed E-state index contributed by atoms with van der Waals surface area (Å²) in [5.74, 6) is -0.581. The van der Waals surface area contributed by atoms with Crippen molar-refractivity contribution >= 4 is 6.09 Å². The molecular weight excluding hydrogens is 890 g/mol. The molecular formula is C41H42F14N6O3. The molecule has 352 valence electrons. The maximum atomic E-state index is 14.6. The monoisotopic (exact) mass is 932 g/mol. The minimum atomic E-state index is -5.77. The van der Waals surface area contributed by atoms with Gasteiger partial charge in [-0.15, -0.1) is 0 Å². The predicted octanol–water partition coefficient (Wildman–Crippen LogP) is 9.02. The molecule has 4 heterocycles. The number of ether oxygens (including phenoxy) is 1. The third kappa shape index (κ3) is 15.5. The van der Waals surface area contributed by atoms with E-state index in [1.54, 1.807) is 41.6 Å². The highest BCUT2D eigenvalue weighted by molar-refractivity contribution is 5.68. The molecule has 9 nitrogen and oxygen atoms in total. The van der Waals surface area contributed by atoms with Gasteiger partial charge in [0, 0.05) is 100 Å². The van der Waals surface area contributed by atoms with Crippen LogP contribution >= 0.6 is 0 Å². The van der Waals surface area contributed by atoms with Gasteiger partial charge in [0.1, 0.15) is 11.6 Å². The average molecular weight is 933 g/mol. The number of piperazine rings is 2. The van der Waals surface area contributed by atoms with Gasteiger partial charge in [0.05, 0.1) is 0 Å². The molecule has 2 N–H and O–H groups in total. The zero-order valence-corrected chi connectivity index (χ0v) is 33.9. The lowest BCUT2D eigenvalue weighted by molar-refractivity contribution is -0.309. The van der Waals surface area contributed by atoms with Crippen molar-refractivity contribution in [1.82, 2.24) is 30.0 Å². The van der Waals surface area contributed by atoms with Crippen LogP contribution in [-0.4, -0.2) is 125 Å². The molecule has 0 aliphatic carbocycles. The quantitative estimate of drug-likeness (QED) is 0.178. The molecule has 0 unspecified atom stereocenters. The standard InChI is InChI=1S/C21H20F7N3O2.C17H20FN3.C3H2F6O/c1-13-10-15(4-5-29-13)14-2-3-16(17(22)11-14)12-30-6-8-31(9-7-30)19(32)33-18(20(23,24)25)21(26,27)28;1-13-10-15(4-5-20-13)14-2-3-16(17(18)11-14)12-21-8-6-19-7-9-21;4-2(5,6)1(10)3(7,8)9/h2-5,10-11,18H,6-9,12H2,1H3;2-5,10-11,19H,6-9,12H2,1H3;1,10H. The number of rotatable bonds is 7. The van der Waals surface area contributed by atoms with Crippen LogP contribution in [0.15, 0.2) is 73.1 Å². The second-order valence-electron chi connectivity index (χ2n) is 14.6. The summed E-state index contributed by atoms with van der Waals surface area (Å²) in [6.45, 7) is 8.47. The van der Waals surface area contributed by atoms with Crippen LogP contribution in [0.4, 0.5) is 66.3 Å². The zero-order valence-electron chi connectivity index (χ0n) is 33.9. The number of carbonyl (C=O) groups excluding carboxylic acids is 1. The van der Waals surface area contributed by atoms with Gasteiger partial charge in [-0.2, -0.15) is 52.7 Å². The van der Waals surface area contributed by atoms with E-state index >= 15 is 0 Å². The van der Waals surface area contributed by atoms with Crippen molar-refractivity contribution in [2.75, 3.05) is 52.4 Å². The second-order valence-corrected chi connectivity index (χ2v) is 14.6. The Kier molecular flexibility index (Phi) is 17.5. The van der Waals surface area contributed by atoms with E-state index in [1.165, 1.54) is 6.07 Å². The van der Waals surface area contributed by atoms with Gasteiger partial charge in [0.15, 0.2) is 0 Å². The number of aryl methyl sites for hydroxylation is 2. The highest BCUT2D eigenvalue weighted by Crippen LogP contribution is 2.36. The summed E-state index contributed by atoms with van der Waals surface area (Å²) in [4.78, 5) is 24.9. The minimum Gasteiger partial charge on any atom is -0.426 e. The Hall–Kier alpha value is -5.13. The number of nitrogens with zero attached hydrogens (tertiary/aromatic N) is 5. The molecule has 0 radical (unpaired) electrons. The van der Waals surface area contributed by atoms with Crippen molar-refractivity contribution in [2.45, 2.75) is 63.9 Å². The molecule has 2 aliphatic rings. The number of nitrogens with one attached hydrogen (secondary N) is 1. The summed E-state index contributed by atoms with van der Waals surface area (Å²) < 4.78 is 174. The van der Waals surface area contributed by atoms with Crippen molar-refractivity contribution in [1.29, 1.82) is 0 Å². The number of hydrogen-bond donors (Lipinski definition) is 2. The number of hydrogen-bond acceptors (Lipinski definition) is 8. The van der Waals surface area contributed by atoms with Crippen LogP contribution < -0.4 is 5.32 Å². The van der Waals surface area contributed by atoms with E-state index in [2.05, 4.69) is 24.9 Å². The Balaban J connectivity index is 0.000000245. The fourth-order valence-corrected chi connectivity index (χ4v) is 6.28. The third-order valence-corrected chi connectivity index (χ3v) is 9.63. The van der Waals surface area contributed by atoms with Crippen LogP contribution in [0, 0.1) is 25.5 Å². The molecule has 23 heteroatoms. The Bertz CT molecular complexity index is 2110. The van der Waals surface area contributed by atoms with Gasteiger partial charge in [-0.1, -0.05) is 24.3 Å². The van der Waals surface area contributed by atoms with Crippen LogP contribution in [0.25, 0.3) is 22.3 Å². The summed E-state index contributed by atoms with van der Waals surface area (Å²) in [5.41, 5.74) is 6.25. The fraction of sp³-hybridized carbons (Fsp3) is 0.439. The number of aliphatic hydroxyl groups is 1. The number of halogens is 14. The Morgan fingerprint density at radius 2 is 1.00 bits per heavy atom. The molecule has 2 fully saturated rings. The van der Waals surface area contributed by atoms with Gasteiger partial charge in [-0.3, -0.25) is 19.8 Å². The molecule has 4 aromatic rings. The smallest absolute Gasteiger partial charge is 0.426 e. The second kappa shape index (κ2) is 21.7. The first-order valence-electron chi connectivity index (χ1n) is 19.2. The lowest BCUT2D eigenvalue weighted by Gasteiger charge is -2.35. The van der Waals surface area contributed by atoms with Crippen LogP contribution in [-0.2, 0) is 17.8 Å². The number of amides is 1. The van der Waals surface area contributed by atoms with E-state index in [9.17, 15) is 66.3 Å². The molecule has 64 heavy (non-hydrogen) atoms. The molecule has 0 spiro atoms. The van der Waals surface area contributed by atoms with Crippen LogP contribution in [0.2, 0.25) is 0 Å². The molecule has 2 aliphatic heterocycles. The van der Waals surface area contributed by atoms with E-state index in [1.807, 2.05) is 44.2 Å². The van der Waals surface area contributed by atoms with Gasteiger partial charge in [0.2, 0.25) is 6.10 Å². The van der Waals surface area contributed by atoms with Crippen LogP contribution in [0.1, 0.15) is 22.5 Å². The lowest BCUT2D eigenvalue weighted by atomic mass is 10.0. The summed E-state index contributed by atoms with van der Waals surface area (Å²) in [6, 6.07) is 17.7. The van der Waals surface area contributed by atoms with Crippen molar-refractivity contribution in [3.8, 4) is 22.3 Å². The molecule has 0 atom stereocenters. The van der Waals surface area contributed by atoms with E-state index < -0.39 is 48.8 Å². The largest absolute Gasteiger partial charge is 0.434 e. The summed E-state index contributed by atoms with van der Waals surface area (Å²) in [7, 11) is 0. The number of benzene rings is 2. The predicted molar refractivity (Wildman–Crippen MR) is 204 cm³/mol. The Morgan fingerprint density at radius 1 is 0.609 bits per heavy atom. The van der Waals surface area contributed by atoms with Crippen molar-refractivity contribution in [3.63, 3.8) is 0 Å². The molecule has 0 saturated carbocycles. The minimum absolute atomic E-state index is 0.125. The van der Waals surface area contributed by atoms with Gasteiger partial charge in [-0.25, -0.2) is 13.6 Å². The molecule has 1 amide bonds. The SMILES string of the molecule is Cc1cc(-c2ccc(CN3CCN(C(=O)OC(C(F)(F)F)C(F)(F)F)CC3)c(F)c2)ccn1.Cc1cc(-c2ccc(CN3CCNCC3)c(F)c2)ccn1.OC(C(F)(F)F)C(F)(F)F. The normalized spacial score (nSPS) is 15.6. The van der Waals surface area contributed by atoms with Crippen LogP contribution in [0.3, 0.4) is 0 Å². The summed E-state index contributed by atoms with van der Waals surface area (Å²) >= 11 is 0. The highest BCUT2D eigenvalue weighted by atomic mass is 19.4. The number of alkyl halides is 12. The molecule has 2 aromatic carbocycles. The first-order chi connectivity index (χ1) is 29.7. The van der Waals surface area contributed by atoms with Crippen molar-refractivity contribution < 1.29 is 76.1 Å². The molecule has 0 bridgehead atoms. The first kappa shape index (κ1) is 51.5. The molecule has 2 saturated heterocycles. The first-order valence-corrected chi connectivity index (χ1v) is 19.2. The molecule has 6 rings (SSSR count). The topological polar surface area (TPSA) is 94.1 Å². The Labute approximate surface area is 357 Å². The van der Waals surface area contributed by atoms with E-state index in [4.69, 9.17) is 5.11 Å². The van der Waals surface area contributed by atoms with Crippen LogP contribution in [0.5, 0.6) is 0 Å². The highest BCUT2D eigenvalue weighted by Gasteiger charge is 2.60. The molecule has 2 aromatic heterocycles. The maximum Gasteiger partial charge on any atom is 0.434 e. The van der Waals surface area contributed by atoms with E-state index in [-0.39, 0.29) is 38.5 Å². The number of aromatic nitrogens is 2. The third-order valence-electron chi connectivity index (χ3n) is 9.63. The van der Waals surface area contributed by atoms with E-state index in [0.717, 1.165) is 64.7 Å². The Morgan fingerprint density at radius 3 is 1.34 bits per heavy atom. The number of aliphatic hydroxyl groups excluding tert-OH is 1. The number of carbonyl (C=O) groups is 1.